The Kier molecular flexibility index (Phi) is 5.36. The van der Waals surface area contributed by atoms with Crippen LogP contribution in [0, 0.1) is 34.5 Å². The Morgan fingerprint density at radius 3 is 2.55 bits per heavy atom. The van der Waals surface area contributed by atoms with Crippen molar-refractivity contribution >= 4 is 5.97 Å². The van der Waals surface area contributed by atoms with Crippen LogP contribution in [0.5, 0.6) is 0 Å². The molecule has 8 nitrogen and oxygen atoms in total. The van der Waals surface area contributed by atoms with Crippen LogP contribution in [0.25, 0.3) is 0 Å². The highest BCUT2D eigenvalue weighted by Crippen LogP contribution is 2.80. The fourth-order valence-electron chi connectivity index (χ4n) is 11.3. The van der Waals surface area contributed by atoms with Crippen LogP contribution in [0.2, 0.25) is 0 Å². The predicted molar refractivity (Wildman–Crippen MR) is 137 cm³/mol. The number of piperidine rings is 1. The average molecular weight is 528 g/mol. The van der Waals surface area contributed by atoms with Crippen molar-refractivity contribution < 1.29 is 34.3 Å². The second kappa shape index (κ2) is 8.02. The zero-order valence-corrected chi connectivity index (χ0v) is 22.7. The summed E-state index contributed by atoms with van der Waals surface area (Å²) in [5.74, 6) is -1.35. The van der Waals surface area contributed by atoms with Gasteiger partial charge in [0.2, 0.25) is 0 Å². The number of esters is 1. The van der Waals surface area contributed by atoms with E-state index in [4.69, 9.17) is 14.2 Å². The van der Waals surface area contributed by atoms with Crippen molar-refractivity contribution in [1.82, 2.24) is 4.90 Å². The highest BCUT2D eigenvalue weighted by molar-refractivity contribution is 5.89. The molecule has 6 aliphatic rings. The predicted octanol–water partition coefficient (Wildman–Crippen LogP) is 1.86. The van der Waals surface area contributed by atoms with Gasteiger partial charge in [-0.05, 0) is 49.3 Å². The molecule has 1 saturated heterocycles. The minimum absolute atomic E-state index is 0.119. The van der Waals surface area contributed by atoms with Crippen LogP contribution < -0.4 is 0 Å². The molecule has 0 radical (unpaired) electrons. The molecule has 1 spiro atoms. The Bertz CT molecular complexity index is 1130. The molecule has 0 amide bonds. The summed E-state index contributed by atoms with van der Waals surface area (Å²) in [5, 5.41) is 38.0. The van der Waals surface area contributed by atoms with Crippen molar-refractivity contribution in [1.29, 1.82) is 0 Å². The lowest BCUT2D eigenvalue weighted by molar-refractivity contribution is -0.315. The molecule has 7 bridgehead atoms. The lowest BCUT2D eigenvalue weighted by Gasteiger charge is -2.69. The molecule has 0 aromatic heterocycles. The normalized spacial score (nSPS) is 54.1. The fraction of sp³-hybridized carbons (Fsp3) is 0.767. The minimum atomic E-state index is -1.66. The maximum atomic E-state index is 13.4. The van der Waals surface area contributed by atoms with Gasteiger partial charge in [0.05, 0.1) is 29.9 Å². The number of rotatable bonds is 5. The standard InChI is InChI=1S/C30H41NO7/c1-5-31-15-27(2)12-11-20(32)29-18-13-17-19(36-3)14-28(34,30(35,26(29)31)24(37-4)23(27)29)21(18)22(17)38-25(33)16-9-7-6-8-10-16/h6-10,17-24,26,32,34-35H,5,11-15H2,1-4H3/t17-,18-,19+,20+,21-,22+,23-,24+,26?,27+,28-,29+,30-/m1/s1. The van der Waals surface area contributed by atoms with E-state index in [2.05, 4.69) is 18.7 Å². The summed E-state index contributed by atoms with van der Waals surface area (Å²) in [4.78, 5) is 15.7. The van der Waals surface area contributed by atoms with E-state index >= 15 is 0 Å². The van der Waals surface area contributed by atoms with Gasteiger partial charge < -0.3 is 29.5 Å². The molecule has 3 N–H and O–H groups in total. The Labute approximate surface area is 224 Å². The molecule has 1 heterocycles. The van der Waals surface area contributed by atoms with E-state index in [1.165, 1.54) is 0 Å². The van der Waals surface area contributed by atoms with E-state index in [1.54, 1.807) is 38.5 Å². The Morgan fingerprint density at radius 2 is 1.89 bits per heavy atom. The smallest absolute Gasteiger partial charge is 0.338 e. The number of likely N-dealkylation sites (tertiary alicyclic amines) is 1. The first-order valence-corrected chi connectivity index (χ1v) is 14.3. The van der Waals surface area contributed by atoms with Crippen LogP contribution in [0.3, 0.4) is 0 Å². The zero-order chi connectivity index (χ0) is 26.8. The highest BCUT2D eigenvalue weighted by atomic mass is 16.6. The van der Waals surface area contributed by atoms with E-state index < -0.39 is 59.0 Å². The monoisotopic (exact) mass is 527 g/mol. The number of carbonyl (C=O) groups excluding carboxylic acids is 1. The number of fused-ring (bicyclic) bond motifs is 2. The molecule has 5 saturated carbocycles. The molecule has 5 aliphatic carbocycles. The number of nitrogens with zero attached hydrogens (tertiary/aromatic N) is 1. The third-order valence-corrected chi connectivity index (χ3v) is 12.2. The van der Waals surface area contributed by atoms with Gasteiger partial charge in [-0.15, -0.1) is 0 Å². The number of likely N-dealkylation sites (N-methyl/N-ethyl adjacent to an activating group) is 1. The number of methoxy groups -OCH3 is 2. The van der Waals surface area contributed by atoms with Crippen LogP contribution >= 0.6 is 0 Å². The largest absolute Gasteiger partial charge is 0.458 e. The van der Waals surface area contributed by atoms with Crippen LogP contribution in [-0.4, -0.2) is 95.2 Å². The van der Waals surface area contributed by atoms with Crippen molar-refractivity contribution in [3.8, 4) is 0 Å². The van der Waals surface area contributed by atoms with Crippen molar-refractivity contribution in [2.75, 3.05) is 27.3 Å². The van der Waals surface area contributed by atoms with E-state index in [1.807, 2.05) is 6.07 Å². The van der Waals surface area contributed by atoms with Gasteiger partial charge in [-0.25, -0.2) is 4.79 Å². The molecule has 1 unspecified atom stereocenters. The van der Waals surface area contributed by atoms with Crippen LogP contribution in [0.4, 0.5) is 0 Å². The second-order valence-corrected chi connectivity index (χ2v) is 13.3. The number of aliphatic hydroxyl groups excluding tert-OH is 1. The van der Waals surface area contributed by atoms with Crippen LogP contribution in [0.15, 0.2) is 30.3 Å². The molecule has 6 fully saturated rings. The molecule has 8 heteroatoms. The third kappa shape index (κ3) is 2.61. The first kappa shape index (κ1) is 25.4. The van der Waals surface area contributed by atoms with Gasteiger partial charge in [-0.1, -0.05) is 32.0 Å². The molecule has 1 aromatic rings. The number of benzene rings is 1. The van der Waals surface area contributed by atoms with Gasteiger partial charge in [0, 0.05) is 50.4 Å². The average Bonchev–Trinajstić information content (AvgIpc) is 3.32. The molecule has 208 valence electrons. The topological polar surface area (TPSA) is 109 Å². The SMILES string of the molecule is CCN1C[C@]2(C)CC[C@H](O)[C@]34C1[C@](O)([C@@H](OC)[C@H]23)[C@@]1(O)C[C@H](OC)[C@H]2C[C@@H]4[C@@H]1[C@H]2OC(=O)c1ccccc1. The molecule has 13 atom stereocenters. The molecular formula is C30H41NO7. The van der Waals surface area contributed by atoms with E-state index in [9.17, 15) is 20.1 Å². The summed E-state index contributed by atoms with van der Waals surface area (Å²) in [7, 11) is 3.26. The van der Waals surface area contributed by atoms with Crippen molar-refractivity contribution in [2.45, 2.75) is 81.2 Å². The number of hydrogen-bond acceptors (Lipinski definition) is 8. The van der Waals surface area contributed by atoms with Crippen molar-refractivity contribution in [3.05, 3.63) is 35.9 Å². The number of ether oxygens (including phenoxy) is 3. The summed E-state index contributed by atoms with van der Waals surface area (Å²) in [5.41, 5.74) is -3.67. The summed E-state index contributed by atoms with van der Waals surface area (Å²) >= 11 is 0. The van der Waals surface area contributed by atoms with Gasteiger partial charge >= 0.3 is 5.97 Å². The first-order chi connectivity index (χ1) is 18.1. The Balaban J connectivity index is 1.44. The summed E-state index contributed by atoms with van der Waals surface area (Å²) in [6, 6.07) is 8.46. The van der Waals surface area contributed by atoms with Gasteiger partial charge in [-0.3, -0.25) is 4.90 Å². The quantitative estimate of drug-likeness (QED) is 0.498. The van der Waals surface area contributed by atoms with Gasteiger partial charge in [0.1, 0.15) is 17.3 Å². The van der Waals surface area contributed by atoms with E-state index in [0.717, 1.165) is 13.0 Å². The van der Waals surface area contributed by atoms with Crippen molar-refractivity contribution in [2.24, 2.45) is 34.5 Å². The minimum Gasteiger partial charge on any atom is -0.458 e. The van der Waals surface area contributed by atoms with Gasteiger partial charge in [0.15, 0.2) is 0 Å². The van der Waals surface area contributed by atoms with Crippen LogP contribution in [0.1, 0.15) is 49.9 Å². The zero-order valence-electron chi connectivity index (χ0n) is 22.7. The van der Waals surface area contributed by atoms with E-state index in [0.29, 0.717) is 24.9 Å². The first-order valence-electron chi connectivity index (χ1n) is 14.3. The highest BCUT2D eigenvalue weighted by Gasteiger charge is 2.91. The maximum absolute atomic E-state index is 13.4. The molecule has 1 aliphatic heterocycles. The molecule has 7 rings (SSSR count). The summed E-state index contributed by atoms with van der Waals surface area (Å²) in [6.07, 6.45) is 0.0814. The van der Waals surface area contributed by atoms with Gasteiger partial charge in [0.25, 0.3) is 0 Å². The number of carbonyl (C=O) groups is 1. The Morgan fingerprint density at radius 1 is 1.16 bits per heavy atom. The molecule has 38 heavy (non-hydrogen) atoms. The number of aliphatic hydroxyl groups is 3. The third-order valence-electron chi connectivity index (χ3n) is 12.2. The van der Waals surface area contributed by atoms with Crippen LogP contribution in [-0.2, 0) is 14.2 Å². The lowest BCUT2D eigenvalue weighted by atomic mass is 9.43. The van der Waals surface area contributed by atoms with Crippen molar-refractivity contribution in [3.63, 3.8) is 0 Å². The second-order valence-electron chi connectivity index (χ2n) is 13.3. The number of hydrogen-bond donors (Lipinski definition) is 3. The summed E-state index contributed by atoms with van der Waals surface area (Å²) in [6.45, 7) is 5.87. The van der Waals surface area contributed by atoms with E-state index in [-0.39, 0.29) is 29.6 Å². The fourth-order valence-corrected chi connectivity index (χ4v) is 11.3. The molecular weight excluding hydrogens is 486 g/mol. The summed E-state index contributed by atoms with van der Waals surface area (Å²) < 4.78 is 18.5. The molecule has 1 aromatic carbocycles. The Hall–Kier alpha value is -1.55. The lowest BCUT2D eigenvalue weighted by Crippen LogP contribution is -2.81. The maximum Gasteiger partial charge on any atom is 0.338 e. The van der Waals surface area contributed by atoms with Gasteiger partial charge in [-0.2, -0.15) is 0 Å².